The van der Waals surface area contributed by atoms with Crippen LogP contribution in [0, 0.1) is 6.92 Å². The third-order valence-corrected chi connectivity index (χ3v) is 16.9. The molecule has 0 radical (unpaired) electrons. The number of aryl methyl sites for hydroxylation is 1. The molecule has 3 fully saturated rings. The fraction of sp³-hybridized carbons (Fsp3) is 0.548. The zero-order valence-corrected chi connectivity index (χ0v) is 37.3. The monoisotopic (exact) mass is 942 g/mol. The summed E-state index contributed by atoms with van der Waals surface area (Å²) in [5.41, 5.74) is 9.34. The zero-order valence-electron chi connectivity index (χ0n) is 32.2. The van der Waals surface area contributed by atoms with E-state index in [1.165, 1.54) is 33.7 Å². The van der Waals surface area contributed by atoms with Crippen molar-refractivity contribution in [2.24, 2.45) is 0 Å². The van der Waals surface area contributed by atoms with Crippen LogP contribution in [0.5, 0.6) is 11.5 Å². The predicted molar refractivity (Wildman–Crippen MR) is 223 cm³/mol. The molecule has 0 N–H and O–H groups in total. The van der Waals surface area contributed by atoms with Gasteiger partial charge in [0.25, 0.3) is 0 Å². The molecule has 0 atom stereocenters. The van der Waals surface area contributed by atoms with Gasteiger partial charge in [-0.05, 0) is 84.0 Å². The molecule has 3 aromatic rings. The number of ether oxygens (including phenoxy) is 2. The molecule has 0 amide bonds. The number of hydrogen-bond acceptors (Lipinski definition) is 2. The summed E-state index contributed by atoms with van der Waals surface area (Å²) in [6, 6.07) is 22.7. The average Bonchev–Trinajstić information content (AvgIpc) is 3.12. The van der Waals surface area contributed by atoms with Gasteiger partial charge in [0.05, 0.1) is 17.0 Å². The van der Waals surface area contributed by atoms with E-state index in [2.05, 4.69) is 55.5 Å². The Morgan fingerprint density at radius 1 is 0.673 bits per heavy atom. The fourth-order valence-electron chi connectivity index (χ4n) is 8.15. The Balaban J connectivity index is 0.000000220. The first-order chi connectivity index (χ1) is 25.8. The standard InChI is InChI=1S/C24H24O2.C18H33P.2ClH.F6P.Ru/c1-17(2)26-24-14-13-23(15-19(24)4)25-16-20-7-11-22(12-8-20)21-9-5-18(3)6-10-21;1-4-10-16(11-5-1)19(17-12-6-2-7-13-17)18-14-8-3-9-15-18;;;1-7(2,3,4,5)6;/h4-15,17H,16H2,1-3H3;16-18H,1-15H2;2*1H;;/q;;;;-1;+2/p-1. The van der Waals surface area contributed by atoms with Crippen molar-refractivity contribution in [1.29, 1.82) is 0 Å². The Morgan fingerprint density at radius 2 is 1.09 bits per heavy atom. The molecule has 0 saturated heterocycles. The van der Waals surface area contributed by atoms with E-state index in [4.69, 9.17) is 28.9 Å². The second-order valence-corrected chi connectivity index (χ2v) is 26.6. The van der Waals surface area contributed by atoms with E-state index in [1.807, 2.05) is 36.7 Å². The summed E-state index contributed by atoms with van der Waals surface area (Å²) >= 11 is -1.97. The fourth-order valence-corrected chi connectivity index (χ4v) is 15.2. The topological polar surface area (TPSA) is 18.5 Å². The van der Waals surface area contributed by atoms with Gasteiger partial charge >= 0.3 is 195 Å². The Morgan fingerprint density at radius 3 is 1.49 bits per heavy atom. The summed E-state index contributed by atoms with van der Waals surface area (Å²) in [5.74, 6) is 1.54. The first kappa shape index (κ1) is 46.5. The van der Waals surface area contributed by atoms with Crippen LogP contribution < -0.4 is 9.47 Å². The van der Waals surface area contributed by atoms with Gasteiger partial charge in [0.1, 0.15) is 0 Å². The zero-order chi connectivity index (χ0) is 40.1. The molecule has 55 heavy (non-hydrogen) atoms. The third-order valence-electron chi connectivity index (χ3n) is 10.5. The molecule has 312 valence electrons. The summed E-state index contributed by atoms with van der Waals surface area (Å²) in [5, 5.41) is 0. The number of hydrogen-bond donors (Lipinski definition) is 0. The van der Waals surface area contributed by atoms with Gasteiger partial charge in [0.2, 0.25) is 0 Å². The van der Waals surface area contributed by atoms with Crippen LogP contribution in [0.1, 0.15) is 127 Å². The van der Waals surface area contributed by atoms with Crippen molar-refractivity contribution >= 4 is 39.7 Å². The van der Waals surface area contributed by atoms with Crippen molar-refractivity contribution < 1.29 is 48.2 Å². The van der Waals surface area contributed by atoms with Gasteiger partial charge in [-0.15, -0.1) is 0 Å². The molecule has 3 aliphatic rings. The molecule has 0 heterocycles. The van der Waals surface area contributed by atoms with Crippen LogP contribution in [-0.4, -0.2) is 27.7 Å². The van der Waals surface area contributed by atoms with Gasteiger partial charge in [0, 0.05) is 7.92 Å². The molecule has 0 spiro atoms. The van der Waals surface area contributed by atoms with Crippen LogP contribution >= 0.6 is 35.1 Å². The molecule has 3 aliphatic carbocycles. The van der Waals surface area contributed by atoms with Crippen molar-refractivity contribution in [1.82, 2.24) is 0 Å². The molecular formula is C42H58Cl2F6O2P2Ru. The third kappa shape index (κ3) is 18.9. The van der Waals surface area contributed by atoms with E-state index in [9.17, 15) is 25.2 Å². The maximum absolute atomic E-state index is 10.7. The number of rotatable bonds is 10. The molecule has 3 saturated carbocycles. The van der Waals surface area contributed by atoms with E-state index >= 15 is 0 Å². The summed E-state index contributed by atoms with van der Waals surface area (Å²) in [6.07, 6.45) is 23.9. The molecule has 6 rings (SSSR count). The van der Waals surface area contributed by atoms with E-state index in [0.29, 0.717) is 6.61 Å². The Bertz CT molecular complexity index is 1580. The van der Waals surface area contributed by atoms with Crippen LogP contribution in [0.15, 0.2) is 66.7 Å². The Hall–Kier alpha value is -1.23. The van der Waals surface area contributed by atoms with Crippen molar-refractivity contribution in [3.05, 3.63) is 83.4 Å². The van der Waals surface area contributed by atoms with Crippen molar-refractivity contribution in [3.63, 3.8) is 0 Å². The summed E-state index contributed by atoms with van der Waals surface area (Å²) in [7, 11) is 1.45. The van der Waals surface area contributed by atoms with E-state index in [-0.39, 0.29) is 14.0 Å². The summed E-state index contributed by atoms with van der Waals surface area (Å²) in [6.45, 7) is 6.56. The molecular weight excluding hydrogens is 884 g/mol. The van der Waals surface area contributed by atoms with E-state index in [0.717, 1.165) is 22.6 Å². The van der Waals surface area contributed by atoms with Crippen molar-refractivity contribution in [3.8, 4) is 22.6 Å². The molecule has 0 aliphatic heterocycles. The quantitative estimate of drug-likeness (QED) is 0.115. The molecule has 2 nitrogen and oxygen atoms in total. The van der Waals surface area contributed by atoms with Crippen LogP contribution in [0.3, 0.4) is 0 Å². The minimum atomic E-state index is -10.7. The van der Waals surface area contributed by atoms with Gasteiger partial charge in [-0.1, -0.05) is 37.0 Å². The van der Waals surface area contributed by atoms with Gasteiger partial charge in [0.15, 0.2) is 0 Å². The second-order valence-electron chi connectivity index (χ2n) is 15.5. The molecule has 13 heteroatoms. The minimum absolute atomic E-state index is 0.0465. The molecule has 3 aromatic carbocycles. The first-order valence-corrected chi connectivity index (χ1v) is 28.9. The van der Waals surface area contributed by atoms with Gasteiger partial charge < -0.3 is 0 Å². The number of halogens is 8. The maximum atomic E-state index is 9.87. The average molecular weight is 943 g/mol. The number of benzene rings is 3. The van der Waals surface area contributed by atoms with Gasteiger partial charge in [-0.2, -0.15) is 0 Å². The van der Waals surface area contributed by atoms with Crippen LogP contribution in [0.25, 0.3) is 11.1 Å². The summed E-state index contributed by atoms with van der Waals surface area (Å²) < 4.78 is 72.9. The Kier molecular flexibility index (Phi) is 17.4. The first-order valence-electron chi connectivity index (χ1n) is 19.7. The molecule has 0 bridgehead atoms. The van der Waals surface area contributed by atoms with E-state index in [1.54, 1.807) is 96.3 Å². The second kappa shape index (κ2) is 20.6. The Labute approximate surface area is 338 Å². The molecule has 0 aromatic heterocycles. The van der Waals surface area contributed by atoms with E-state index < -0.39 is 21.3 Å². The van der Waals surface area contributed by atoms with Crippen LogP contribution in [0.4, 0.5) is 25.2 Å². The SMILES string of the molecule is C1CCC([PH+](C2CCCCC2)C2CCCCC2)CC1.Cc1ccc(-c2ccc(COc3ccc(OC(C)C)c([CH]=[Ru]([Cl])[Cl])c3)cc2)cc1.F[P-](F)(F)(F)(F)F. The van der Waals surface area contributed by atoms with Crippen molar-refractivity contribution in [2.45, 2.75) is 147 Å². The van der Waals surface area contributed by atoms with Crippen LogP contribution in [-0.2, 0) is 20.1 Å². The normalized spacial score (nSPS) is 18.9. The van der Waals surface area contributed by atoms with Crippen LogP contribution in [0.2, 0.25) is 0 Å². The van der Waals surface area contributed by atoms with Gasteiger partial charge in [-0.25, -0.2) is 0 Å². The predicted octanol–water partition coefficient (Wildman–Crippen LogP) is 16.7. The summed E-state index contributed by atoms with van der Waals surface area (Å²) in [4.78, 5) is 0. The van der Waals surface area contributed by atoms with Gasteiger partial charge in [-0.3, -0.25) is 0 Å². The molecule has 0 unspecified atom stereocenters. The van der Waals surface area contributed by atoms with Crippen molar-refractivity contribution in [2.75, 3.05) is 0 Å².